The van der Waals surface area contributed by atoms with Crippen LogP contribution >= 0.6 is 0 Å². The molecule has 0 aromatic heterocycles. The summed E-state index contributed by atoms with van der Waals surface area (Å²) in [7, 11) is -4.10. The van der Waals surface area contributed by atoms with Gasteiger partial charge >= 0.3 is 0 Å². The Morgan fingerprint density at radius 1 is 0.875 bits per heavy atom. The van der Waals surface area contributed by atoms with E-state index >= 15 is 0 Å². The predicted octanol–water partition coefficient (Wildman–Crippen LogP) is 5.53. The van der Waals surface area contributed by atoms with Gasteiger partial charge in [0.25, 0.3) is 10.0 Å². The Hall–Kier alpha value is -3.65. The quantitative estimate of drug-likeness (QED) is 0.352. The molecule has 40 heavy (non-hydrogen) atoms. The van der Waals surface area contributed by atoms with Crippen molar-refractivity contribution in [3.63, 3.8) is 0 Å². The zero-order valence-electron chi connectivity index (χ0n) is 24.6. The van der Waals surface area contributed by atoms with Crippen LogP contribution in [0.15, 0.2) is 77.7 Å². The van der Waals surface area contributed by atoms with Crippen LogP contribution in [0.3, 0.4) is 0 Å². The number of amides is 2. The zero-order chi connectivity index (χ0) is 29.7. The highest BCUT2D eigenvalue weighted by Crippen LogP contribution is 2.29. The van der Waals surface area contributed by atoms with Crippen LogP contribution in [0.25, 0.3) is 0 Å². The van der Waals surface area contributed by atoms with E-state index in [9.17, 15) is 18.0 Å². The first-order chi connectivity index (χ1) is 18.7. The SMILES string of the molecule is CC[C@@H](C(=O)NC(C)(C)C)N(Cc1ccccc1C)C(=O)CN(c1cc(C)ccc1C)S(=O)(=O)c1ccccc1. The van der Waals surface area contributed by atoms with Crippen molar-refractivity contribution in [1.82, 2.24) is 10.2 Å². The fourth-order valence-electron chi connectivity index (χ4n) is 4.56. The monoisotopic (exact) mass is 563 g/mol. The van der Waals surface area contributed by atoms with E-state index in [2.05, 4.69) is 5.32 Å². The lowest BCUT2D eigenvalue weighted by Crippen LogP contribution is -2.55. The largest absolute Gasteiger partial charge is 0.350 e. The second-order valence-electron chi connectivity index (χ2n) is 11.2. The Bertz CT molecular complexity index is 1450. The van der Waals surface area contributed by atoms with Gasteiger partial charge in [-0.1, -0.05) is 61.5 Å². The molecule has 0 spiro atoms. The first kappa shape index (κ1) is 30.9. The molecule has 7 nitrogen and oxygen atoms in total. The van der Waals surface area contributed by atoms with Crippen LogP contribution in [0.4, 0.5) is 5.69 Å². The predicted molar refractivity (Wildman–Crippen MR) is 161 cm³/mol. The average Bonchev–Trinajstić information content (AvgIpc) is 2.89. The minimum Gasteiger partial charge on any atom is -0.350 e. The highest BCUT2D eigenvalue weighted by molar-refractivity contribution is 7.92. The third-order valence-electron chi connectivity index (χ3n) is 6.73. The molecule has 0 bridgehead atoms. The first-order valence-electron chi connectivity index (χ1n) is 13.6. The van der Waals surface area contributed by atoms with Gasteiger partial charge in [0, 0.05) is 12.1 Å². The van der Waals surface area contributed by atoms with E-state index in [0.717, 1.165) is 22.3 Å². The second-order valence-corrected chi connectivity index (χ2v) is 13.1. The van der Waals surface area contributed by atoms with Crippen molar-refractivity contribution < 1.29 is 18.0 Å². The molecule has 0 saturated heterocycles. The summed E-state index contributed by atoms with van der Waals surface area (Å²) in [6.45, 7) is 12.9. The van der Waals surface area contributed by atoms with Gasteiger partial charge in [0.1, 0.15) is 12.6 Å². The molecule has 0 heterocycles. The molecular weight excluding hydrogens is 522 g/mol. The van der Waals surface area contributed by atoms with Crippen molar-refractivity contribution in [1.29, 1.82) is 0 Å². The van der Waals surface area contributed by atoms with E-state index in [4.69, 9.17) is 0 Å². The van der Waals surface area contributed by atoms with E-state index in [1.165, 1.54) is 21.3 Å². The lowest BCUT2D eigenvalue weighted by atomic mass is 10.0. The maximum Gasteiger partial charge on any atom is 0.264 e. The van der Waals surface area contributed by atoms with Gasteiger partial charge in [-0.05, 0) is 88.4 Å². The van der Waals surface area contributed by atoms with Gasteiger partial charge < -0.3 is 10.2 Å². The molecule has 0 aliphatic rings. The van der Waals surface area contributed by atoms with Crippen molar-refractivity contribution in [3.05, 3.63) is 95.1 Å². The lowest BCUT2D eigenvalue weighted by molar-refractivity contribution is -0.141. The van der Waals surface area contributed by atoms with Crippen LogP contribution in [0.1, 0.15) is 56.4 Å². The van der Waals surface area contributed by atoms with Crippen molar-refractivity contribution in [2.45, 2.75) is 77.9 Å². The molecule has 2 amide bonds. The Morgan fingerprint density at radius 3 is 2.10 bits per heavy atom. The van der Waals surface area contributed by atoms with Crippen molar-refractivity contribution >= 4 is 27.5 Å². The highest BCUT2D eigenvalue weighted by atomic mass is 32.2. The maximum atomic E-state index is 14.2. The second kappa shape index (κ2) is 12.7. The summed E-state index contributed by atoms with van der Waals surface area (Å²) in [6, 6.07) is 20.5. The summed E-state index contributed by atoms with van der Waals surface area (Å²) >= 11 is 0. The van der Waals surface area contributed by atoms with E-state index in [1.54, 1.807) is 24.3 Å². The van der Waals surface area contributed by atoms with Crippen molar-refractivity contribution in [2.75, 3.05) is 10.8 Å². The minimum absolute atomic E-state index is 0.0895. The fourth-order valence-corrected chi connectivity index (χ4v) is 6.06. The van der Waals surface area contributed by atoms with Crippen LogP contribution in [-0.2, 0) is 26.2 Å². The number of benzene rings is 3. The number of rotatable bonds is 10. The van der Waals surface area contributed by atoms with E-state index in [1.807, 2.05) is 84.9 Å². The molecule has 0 unspecified atom stereocenters. The van der Waals surface area contributed by atoms with Gasteiger partial charge in [-0.3, -0.25) is 13.9 Å². The van der Waals surface area contributed by atoms with Gasteiger partial charge in [0.2, 0.25) is 11.8 Å². The number of carbonyl (C=O) groups is 2. The molecular formula is C32H41N3O4S. The summed E-state index contributed by atoms with van der Waals surface area (Å²) in [5.74, 6) is -0.735. The number of hydrogen-bond acceptors (Lipinski definition) is 4. The molecule has 3 rings (SSSR count). The fraction of sp³-hybridized carbons (Fsp3) is 0.375. The van der Waals surface area contributed by atoms with Crippen molar-refractivity contribution in [3.8, 4) is 0 Å². The van der Waals surface area contributed by atoms with E-state index < -0.39 is 34.1 Å². The number of hydrogen-bond donors (Lipinski definition) is 1. The Labute approximate surface area is 239 Å². The third-order valence-corrected chi connectivity index (χ3v) is 8.50. The Kier molecular flexibility index (Phi) is 9.79. The summed E-state index contributed by atoms with van der Waals surface area (Å²) in [6.07, 6.45) is 0.369. The molecule has 0 fully saturated rings. The molecule has 0 aliphatic carbocycles. The van der Waals surface area contributed by atoms with Crippen molar-refractivity contribution in [2.24, 2.45) is 0 Å². The number of aryl methyl sites for hydroxylation is 3. The minimum atomic E-state index is -4.10. The molecule has 0 radical (unpaired) electrons. The zero-order valence-corrected chi connectivity index (χ0v) is 25.4. The van der Waals surface area contributed by atoms with Gasteiger partial charge in [-0.15, -0.1) is 0 Å². The van der Waals surface area contributed by atoms with Crippen LogP contribution in [0.2, 0.25) is 0 Å². The average molecular weight is 564 g/mol. The first-order valence-corrected chi connectivity index (χ1v) is 15.0. The van der Waals surface area contributed by atoms with Crippen LogP contribution in [0.5, 0.6) is 0 Å². The number of nitrogens with one attached hydrogen (secondary N) is 1. The van der Waals surface area contributed by atoms with Crippen LogP contribution in [0, 0.1) is 20.8 Å². The van der Waals surface area contributed by atoms with E-state index in [-0.39, 0.29) is 17.3 Å². The molecule has 0 aliphatic heterocycles. The van der Waals surface area contributed by atoms with Crippen LogP contribution in [-0.4, -0.2) is 43.3 Å². The third kappa shape index (κ3) is 7.50. The van der Waals surface area contributed by atoms with Gasteiger partial charge in [-0.25, -0.2) is 8.42 Å². The molecule has 3 aromatic rings. The number of anilines is 1. The van der Waals surface area contributed by atoms with E-state index in [0.29, 0.717) is 12.1 Å². The number of carbonyl (C=O) groups excluding carboxylic acids is 2. The Balaban J connectivity index is 2.12. The summed E-state index contributed by atoms with van der Waals surface area (Å²) in [5.41, 5.74) is 3.40. The molecule has 8 heteroatoms. The standard InChI is InChI=1S/C32H41N3O4S/c1-8-28(31(37)33-32(5,6)7)34(21-26-15-13-12-14-24(26)3)30(36)22-35(29-20-23(2)18-19-25(29)4)40(38,39)27-16-10-9-11-17-27/h9-20,28H,8,21-22H2,1-7H3,(H,33,37)/t28-/m0/s1. The molecule has 0 saturated carbocycles. The van der Waals surface area contributed by atoms with Gasteiger partial charge in [0.05, 0.1) is 10.6 Å². The summed E-state index contributed by atoms with van der Waals surface area (Å²) < 4.78 is 29.2. The highest BCUT2D eigenvalue weighted by Gasteiger charge is 2.35. The number of nitrogens with zero attached hydrogens (tertiary/aromatic N) is 2. The smallest absolute Gasteiger partial charge is 0.264 e. The molecule has 3 aromatic carbocycles. The lowest BCUT2D eigenvalue weighted by Gasteiger charge is -2.35. The molecule has 1 atom stereocenters. The molecule has 214 valence electrons. The van der Waals surface area contributed by atoms with Gasteiger partial charge in [-0.2, -0.15) is 0 Å². The maximum absolute atomic E-state index is 14.2. The topological polar surface area (TPSA) is 86.8 Å². The summed E-state index contributed by atoms with van der Waals surface area (Å²) in [4.78, 5) is 29.3. The molecule has 1 N–H and O–H groups in total. The number of sulfonamides is 1. The normalized spacial score (nSPS) is 12.5. The Morgan fingerprint density at radius 2 is 1.50 bits per heavy atom. The van der Waals surface area contributed by atoms with Gasteiger partial charge in [0.15, 0.2) is 0 Å². The van der Waals surface area contributed by atoms with Crippen LogP contribution < -0.4 is 9.62 Å². The summed E-state index contributed by atoms with van der Waals surface area (Å²) in [5, 5.41) is 3.00.